The molecule has 1 fully saturated rings. The van der Waals surface area contributed by atoms with Crippen molar-refractivity contribution in [2.75, 3.05) is 5.75 Å². The molecule has 2 atom stereocenters. The summed E-state index contributed by atoms with van der Waals surface area (Å²) in [6.45, 7) is 1.99. The normalized spacial score (nSPS) is 23.2. The van der Waals surface area contributed by atoms with Crippen LogP contribution in [-0.4, -0.2) is 22.0 Å². The fourth-order valence-corrected chi connectivity index (χ4v) is 3.32. The first-order valence-electron chi connectivity index (χ1n) is 6.05. The Morgan fingerprint density at radius 2 is 2.50 bits per heavy atom. The Bertz CT molecular complexity index is 319. The zero-order valence-corrected chi connectivity index (χ0v) is 10.6. The van der Waals surface area contributed by atoms with Gasteiger partial charge in [0.05, 0.1) is 6.20 Å². The van der Waals surface area contributed by atoms with Gasteiger partial charge in [-0.2, -0.15) is 11.8 Å². The van der Waals surface area contributed by atoms with Crippen molar-refractivity contribution in [3.05, 3.63) is 17.8 Å². The lowest BCUT2D eigenvalue weighted by molar-refractivity contribution is 0.437. The van der Waals surface area contributed by atoms with E-state index in [0.29, 0.717) is 5.25 Å². The smallest absolute Gasteiger partial charge is 0.195 e. The predicted molar refractivity (Wildman–Crippen MR) is 67.7 cm³/mol. The van der Waals surface area contributed by atoms with Crippen molar-refractivity contribution >= 4 is 11.8 Å². The number of oxazole rings is 1. The molecule has 1 aliphatic rings. The summed E-state index contributed by atoms with van der Waals surface area (Å²) >= 11 is 2.06. The van der Waals surface area contributed by atoms with E-state index in [2.05, 4.69) is 16.7 Å². The second-order valence-electron chi connectivity index (χ2n) is 4.59. The molecule has 1 aromatic rings. The third-order valence-electron chi connectivity index (χ3n) is 2.80. The Kier molecular flexibility index (Phi) is 4.29. The maximum Gasteiger partial charge on any atom is 0.195 e. The van der Waals surface area contributed by atoms with Crippen molar-refractivity contribution < 1.29 is 4.42 Å². The van der Waals surface area contributed by atoms with Gasteiger partial charge in [0.2, 0.25) is 0 Å². The third kappa shape index (κ3) is 3.52. The van der Waals surface area contributed by atoms with Crippen LogP contribution in [0.15, 0.2) is 10.6 Å². The minimum atomic E-state index is 0.143. The van der Waals surface area contributed by atoms with E-state index in [4.69, 9.17) is 10.2 Å². The molecule has 2 heterocycles. The lowest BCUT2D eigenvalue weighted by atomic mass is 10.1. The summed E-state index contributed by atoms with van der Waals surface area (Å²) in [5, 5.41) is 0.704. The molecular formula is C12H20N2OS. The maximum absolute atomic E-state index is 5.73. The average molecular weight is 240 g/mol. The minimum Gasteiger partial charge on any atom is -0.446 e. The summed E-state index contributed by atoms with van der Waals surface area (Å²) in [7, 11) is 0. The van der Waals surface area contributed by atoms with Crippen LogP contribution in [0, 0.1) is 0 Å². The number of rotatable bonds is 4. The van der Waals surface area contributed by atoms with Crippen LogP contribution in [0.4, 0.5) is 0 Å². The van der Waals surface area contributed by atoms with Gasteiger partial charge in [-0.15, -0.1) is 0 Å². The Morgan fingerprint density at radius 1 is 1.62 bits per heavy atom. The van der Waals surface area contributed by atoms with E-state index >= 15 is 0 Å². The maximum atomic E-state index is 5.73. The Morgan fingerprint density at radius 3 is 3.19 bits per heavy atom. The molecule has 2 N–H and O–H groups in total. The first-order chi connectivity index (χ1) is 7.74. The van der Waals surface area contributed by atoms with Crippen molar-refractivity contribution in [2.24, 2.45) is 5.73 Å². The van der Waals surface area contributed by atoms with E-state index in [9.17, 15) is 0 Å². The van der Waals surface area contributed by atoms with Crippen LogP contribution in [0.5, 0.6) is 0 Å². The molecule has 1 aliphatic heterocycles. The van der Waals surface area contributed by atoms with Crippen LogP contribution < -0.4 is 5.73 Å². The molecule has 16 heavy (non-hydrogen) atoms. The number of nitrogens with zero attached hydrogens (tertiary/aromatic N) is 1. The van der Waals surface area contributed by atoms with Gasteiger partial charge < -0.3 is 10.2 Å². The van der Waals surface area contributed by atoms with E-state index in [-0.39, 0.29) is 6.04 Å². The molecule has 0 spiro atoms. The number of hydrogen-bond acceptors (Lipinski definition) is 4. The first kappa shape index (κ1) is 12.0. The lowest BCUT2D eigenvalue weighted by Crippen LogP contribution is -2.17. The Labute approximate surface area is 101 Å². The van der Waals surface area contributed by atoms with Crippen molar-refractivity contribution in [3.63, 3.8) is 0 Å². The summed E-state index contributed by atoms with van der Waals surface area (Å²) in [5.74, 6) is 3.10. The molecule has 3 nitrogen and oxygen atoms in total. The highest BCUT2D eigenvalue weighted by molar-refractivity contribution is 7.99. The molecule has 0 bridgehead atoms. The van der Waals surface area contributed by atoms with Gasteiger partial charge in [0.15, 0.2) is 5.89 Å². The van der Waals surface area contributed by atoms with Gasteiger partial charge in [0.25, 0.3) is 0 Å². The second-order valence-corrected chi connectivity index (χ2v) is 6.00. The SMILES string of the molecule is CC(N)Cc1cnc(CC2CCCCS2)o1. The van der Waals surface area contributed by atoms with Gasteiger partial charge in [-0.3, -0.25) is 0 Å². The molecule has 90 valence electrons. The zero-order valence-electron chi connectivity index (χ0n) is 9.82. The van der Waals surface area contributed by atoms with Crippen molar-refractivity contribution in [1.82, 2.24) is 4.98 Å². The number of nitrogens with two attached hydrogens (primary N) is 1. The van der Waals surface area contributed by atoms with Crippen molar-refractivity contribution in [2.45, 2.75) is 50.3 Å². The van der Waals surface area contributed by atoms with E-state index in [1.165, 1.54) is 25.0 Å². The van der Waals surface area contributed by atoms with E-state index in [1.54, 1.807) is 0 Å². The summed E-state index contributed by atoms with van der Waals surface area (Å²) in [6, 6.07) is 0.143. The van der Waals surface area contributed by atoms with Crippen LogP contribution >= 0.6 is 11.8 Å². The summed E-state index contributed by atoms with van der Waals surface area (Å²) in [4.78, 5) is 4.33. The van der Waals surface area contributed by atoms with Crippen LogP contribution in [-0.2, 0) is 12.8 Å². The molecule has 0 aliphatic carbocycles. The van der Waals surface area contributed by atoms with Crippen molar-refractivity contribution in [1.29, 1.82) is 0 Å². The number of thioether (sulfide) groups is 1. The zero-order chi connectivity index (χ0) is 11.4. The quantitative estimate of drug-likeness (QED) is 0.878. The van der Waals surface area contributed by atoms with Gasteiger partial charge >= 0.3 is 0 Å². The molecule has 0 amide bonds. The third-order valence-corrected chi connectivity index (χ3v) is 4.20. The van der Waals surface area contributed by atoms with Crippen LogP contribution in [0.25, 0.3) is 0 Å². The molecule has 0 saturated carbocycles. The van der Waals surface area contributed by atoms with Crippen LogP contribution in [0.1, 0.15) is 37.8 Å². The average Bonchev–Trinajstić information content (AvgIpc) is 2.66. The monoisotopic (exact) mass is 240 g/mol. The molecule has 1 aromatic heterocycles. The summed E-state index contributed by atoms with van der Waals surface area (Å²) in [6.07, 6.45) is 7.60. The highest BCUT2D eigenvalue weighted by atomic mass is 32.2. The fraction of sp³-hybridized carbons (Fsp3) is 0.750. The van der Waals surface area contributed by atoms with Gasteiger partial charge in [0.1, 0.15) is 5.76 Å². The predicted octanol–water partition coefficient (Wildman–Crippen LogP) is 2.39. The molecule has 2 rings (SSSR count). The molecule has 0 aromatic carbocycles. The summed E-state index contributed by atoms with van der Waals surface area (Å²) < 4.78 is 5.69. The Balaban J connectivity index is 1.86. The van der Waals surface area contributed by atoms with Gasteiger partial charge in [-0.05, 0) is 25.5 Å². The second kappa shape index (κ2) is 5.73. The first-order valence-corrected chi connectivity index (χ1v) is 7.09. The topological polar surface area (TPSA) is 52.0 Å². The van der Waals surface area contributed by atoms with Gasteiger partial charge in [-0.1, -0.05) is 6.42 Å². The largest absolute Gasteiger partial charge is 0.446 e. The van der Waals surface area contributed by atoms with Crippen LogP contribution in [0.2, 0.25) is 0 Å². The highest BCUT2D eigenvalue weighted by Gasteiger charge is 2.17. The molecule has 4 heteroatoms. The van der Waals surface area contributed by atoms with E-state index in [1.807, 2.05) is 13.1 Å². The lowest BCUT2D eigenvalue weighted by Gasteiger charge is -2.19. The number of aromatic nitrogens is 1. The molecule has 1 saturated heterocycles. The minimum absolute atomic E-state index is 0.143. The highest BCUT2D eigenvalue weighted by Crippen LogP contribution is 2.27. The van der Waals surface area contributed by atoms with E-state index < -0.39 is 0 Å². The fourth-order valence-electron chi connectivity index (χ4n) is 2.02. The standard InChI is InChI=1S/C12H20N2OS/c1-9(13)6-10-8-14-12(15-10)7-11-4-2-3-5-16-11/h8-9,11H,2-7,13H2,1H3. The van der Waals surface area contributed by atoms with Gasteiger partial charge in [0, 0.05) is 24.1 Å². The van der Waals surface area contributed by atoms with Crippen molar-refractivity contribution in [3.8, 4) is 0 Å². The Hall–Kier alpha value is -0.480. The number of hydrogen-bond donors (Lipinski definition) is 1. The molecule has 0 radical (unpaired) electrons. The summed E-state index contributed by atoms with van der Waals surface area (Å²) in [5.41, 5.74) is 5.73. The van der Waals surface area contributed by atoms with Crippen LogP contribution in [0.3, 0.4) is 0 Å². The molecular weight excluding hydrogens is 220 g/mol. The van der Waals surface area contributed by atoms with Gasteiger partial charge in [-0.25, -0.2) is 4.98 Å². The van der Waals surface area contributed by atoms with E-state index in [0.717, 1.165) is 24.5 Å². The molecule has 2 unspecified atom stereocenters.